The number of hydrogen-bond donors (Lipinski definition) is 1. The molecule has 2 aromatic rings. The van der Waals surface area contributed by atoms with Crippen LogP contribution in [0.3, 0.4) is 0 Å². The van der Waals surface area contributed by atoms with Crippen LogP contribution in [0.4, 0.5) is 5.69 Å². The van der Waals surface area contributed by atoms with Gasteiger partial charge in [-0.2, -0.15) is 5.26 Å². The summed E-state index contributed by atoms with van der Waals surface area (Å²) >= 11 is 2.45. The van der Waals surface area contributed by atoms with E-state index in [0.717, 1.165) is 32.7 Å². The first kappa shape index (κ1) is 20.9. The van der Waals surface area contributed by atoms with Crippen LogP contribution in [0.1, 0.15) is 16.7 Å². The number of nitriles is 1. The summed E-state index contributed by atoms with van der Waals surface area (Å²) in [6.45, 7) is 5.52. The first-order valence-electron chi connectivity index (χ1n) is 8.21. The summed E-state index contributed by atoms with van der Waals surface area (Å²) in [4.78, 5) is 25.7. The smallest absolute Gasteiger partial charge is 0.316 e. The SMILES string of the molecule is Cc1ccc(SCC(=O)OCC(=O)Nc2ccc(SC#N)cc2C)c(C)c1. The second-order valence-corrected chi connectivity index (χ2v) is 7.81. The number of anilines is 1. The Hall–Kier alpha value is -2.43. The van der Waals surface area contributed by atoms with Crippen molar-refractivity contribution in [2.24, 2.45) is 0 Å². The Morgan fingerprint density at radius 1 is 1.11 bits per heavy atom. The number of amides is 1. The van der Waals surface area contributed by atoms with Crippen molar-refractivity contribution in [3.8, 4) is 5.40 Å². The summed E-state index contributed by atoms with van der Waals surface area (Å²) in [6.07, 6.45) is 0. The van der Waals surface area contributed by atoms with Crippen LogP contribution in [-0.2, 0) is 14.3 Å². The van der Waals surface area contributed by atoms with E-state index in [-0.39, 0.29) is 12.4 Å². The van der Waals surface area contributed by atoms with Crippen molar-refractivity contribution in [3.05, 3.63) is 53.1 Å². The minimum absolute atomic E-state index is 0.149. The van der Waals surface area contributed by atoms with Crippen LogP contribution in [0.15, 0.2) is 46.2 Å². The van der Waals surface area contributed by atoms with E-state index in [0.29, 0.717) is 5.69 Å². The standard InChI is InChI=1S/C20H20N2O3S2/c1-13-4-7-18(15(3)8-13)26-11-20(24)25-10-19(23)22-17-6-5-16(27-12-21)9-14(17)2/h4-9H,10-11H2,1-3H3,(H,22,23). The van der Waals surface area contributed by atoms with Gasteiger partial charge < -0.3 is 10.1 Å². The molecule has 27 heavy (non-hydrogen) atoms. The zero-order valence-corrected chi connectivity index (χ0v) is 17.0. The highest BCUT2D eigenvalue weighted by Gasteiger charge is 2.11. The van der Waals surface area contributed by atoms with Gasteiger partial charge in [0.1, 0.15) is 5.40 Å². The van der Waals surface area contributed by atoms with E-state index >= 15 is 0 Å². The molecule has 0 atom stereocenters. The molecule has 0 aliphatic heterocycles. The number of rotatable bonds is 7. The van der Waals surface area contributed by atoms with Crippen molar-refractivity contribution < 1.29 is 14.3 Å². The number of hydrogen-bond acceptors (Lipinski definition) is 6. The number of nitrogens with zero attached hydrogens (tertiary/aromatic N) is 1. The fourth-order valence-electron chi connectivity index (χ4n) is 2.36. The summed E-state index contributed by atoms with van der Waals surface area (Å²) in [7, 11) is 0. The first-order chi connectivity index (χ1) is 12.9. The molecule has 0 radical (unpaired) electrons. The molecule has 7 heteroatoms. The number of nitrogens with one attached hydrogen (secondary N) is 1. The Morgan fingerprint density at radius 3 is 2.56 bits per heavy atom. The van der Waals surface area contributed by atoms with Gasteiger partial charge >= 0.3 is 5.97 Å². The number of benzene rings is 2. The summed E-state index contributed by atoms with van der Waals surface area (Å²) in [6, 6.07) is 11.3. The highest BCUT2D eigenvalue weighted by molar-refractivity contribution is 8.03. The number of carbonyl (C=O) groups is 2. The Morgan fingerprint density at radius 2 is 1.89 bits per heavy atom. The Balaban J connectivity index is 1.79. The fourth-order valence-corrected chi connectivity index (χ4v) is 3.65. The predicted molar refractivity (Wildman–Crippen MR) is 109 cm³/mol. The van der Waals surface area contributed by atoms with Gasteiger partial charge in [-0.1, -0.05) is 17.7 Å². The van der Waals surface area contributed by atoms with Crippen molar-refractivity contribution in [2.75, 3.05) is 17.7 Å². The molecule has 0 fully saturated rings. The lowest BCUT2D eigenvalue weighted by Gasteiger charge is -2.10. The number of thioether (sulfide) groups is 2. The third kappa shape index (κ3) is 6.66. The van der Waals surface area contributed by atoms with Crippen molar-refractivity contribution in [1.29, 1.82) is 5.26 Å². The molecule has 1 amide bonds. The van der Waals surface area contributed by atoms with Gasteiger partial charge in [-0.25, -0.2) is 0 Å². The monoisotopic (exact) mass is 400 g/mol. The van der Waals surface area contributed by atoms with E-state index in [1.54, 1.807) is 12.1 Å². The summed E-state index contributed by atoms with van der Waals surface area (Å²) in [5.41, 5.74) is 3.74. The molecule has 0 unspecified atom stereocenters. The second kappa shape index (κ2) is 10.0. The number of esters is 1. The molecule has 1 N–H and O–H groups in total. The summed E-state index contributed by atoms with van der Waals surface area (Å²) in [5.74, 6) is -0.688. The van der Waals surface area contributed by atoms with Crippen molar-refractivity contribution in [3.63, 3.8) is 0 Å². The normalized spacial score (nSPS) is 10.1. The van der Waals surface area contributed by atoms with Gasteiger partial charge in [0.05, 0.1) is 5.75 Å². The number of carbonyl (C=O) groups excluding carboxylic acids is 2. The van der Waals surface area contributed by atoms with Crippen LogP contribution < -0.4 is 5.32 Å². The Labute approximate surface area is 167 Å². The maximum atomic E-state index is 12.0. The van der Waals surface area contributed by atoms with Gasteiger partial charge in [0.2, 0.25) is 0 Å². The van der Waals surface area contributed by atoms with Crippen LogP contribution in [0, 0.1) is 31.4 Å². The quantitative estimate of drug-likeness (QED) is 0.420. The van der Waals surface area contributed by atoms with E-state index < -0.39 is 11.9 Å². The molecule has 0 heterocycles. The maximum absolute atomic E-state index is 12.0. The lowest BCUT2D eigenvalue weighted by molar-refractivity contribution is -0.144. The van der Waals surface area contributed by atoms with Gasteiger partial charge in [0.15, 0.2) is 6.61 Å². The van der Waals surface area contributed by atoms with Crippen molar-refractivity contribution >= 4 is 41.1 Å². The van der Waals surface area contributed by atoms with E-state index in [9.17, 15) is 9.59 Å². The van der Waals surface area contributed by atoms with Crippen LogP contribution in [0.25, 0.3) is 0 Å². The van der Waals surface area contributed by atoms with Gasteiger partial charge in [-0.3, -0.25) is 9.59 Å². The average Bonchev–Trinajstić information content (AvgIpc) is 2.62. The molecule has 0 aromatic heterocycles. The van der Waals surface area contributed by atoms with Gasteiger partial charge in [0, 0.05) is 15.5 Å². The lowest BCUT2D eigenvalue weighted by atomic mass is 10.2. The van der Waals surface area contributed by atoms with Crippen LogP contribution >= 0.6 is 23.5 Å². The van der Waals surface area contributed by atoms with Gasteiger partial charge in [-0.15, -0.1) is 11.8 Å². The fraction of sp³-hybridized carbons (Fsp3) is 0.250. The number of aryl methyl sites for hydroxylation is 3. The van der Waals surface area contributed by atoms with E-state index in [4.69, 9.17) is 10.00 Å². The van der Waals surface area contributed by atoms with Crippen LogP contribution in [0.5, 0.6) is 0 Å². The molecule has 5 nitrogen and oxygen atoms in total. The van der Waals surface area contributed by atoms with Gasteiger partial charge in [-0.05, 0) is 67.9 Å². The topological polar surface area (TPSA) is 79.2 Å². The van der Waals surface area contributed by atoms with Crippen LogP contribution in [0.2, 0.25) is 0 Å². The van der Waals surface area contributed by atoms with Crippen LogP contribution in [-0.4, -0.2) is 24.2 Å². The molecule has 0 aliphatic carbocycles. The molecule has 140 valence electrons. The van der Waals surface area contributed by atoms with E-state index in [1.807, 2.05) is 44.4 Å². The average molecular weight is 401 g/mol. The van der Waals surface area contributed by atoms with E-state index in [1.165, 1.54) is 17.3 Å². The van der Waals surface area contributed by atoms with Crippen molar-refractivity contribution in [1.82, 2.24) is 0 Å². The zero-order valence-electron chi connectivity index (χ0n) is 15.4. The first-order valence-corrected chi connectivity index (χ1v) is 10.0. The molecular weight excluding hydrogens is 380 g/mol. The second-order valence-electron chi connectivity index (χ2n) is 5.94. The maximum Gasteiger partial charge on any atom is 0.316 e. The predicted octanol–water partition coefficient (Wildman–Crippen LogP) is 4.46. The minimum atomic E-state index is -0.437. The Kier molecular flexibility index (Phi) is 7.77. The minimum Gasteiger partial charge on any atom is -0.455 e. The molecule has 2 aromatic carbocycles. The number of thiocyanates is 1. The molecule has 0 saturated heterocycles. The molecule has 0 aliphatic rings. The molecule has 0 spiro atoms. The summed E-state index contributed by atoms with van der Waals surface area (Å²) < 4.78 is 5.04. The van der Waals surface area contributed by atoms with E-state index in [2.05, 4.69) is 11.4 Å². The van der Waals surface area contributed by atoms with Gasteiger partial charge in [0.25, 0.3) is 5.91 Å². The molecule has 0 bridgehead atoms. The molecule has 2 rings (SSSR count). The lowest BCUT2D eigenvalue weighted by Crippen LogP contribution is -2.22. The zero-order chi connectivity index (χ0) is 19.8. The molecule has 0 saturated carbocycles. The van der Waals surface area contributed by atoms with Crippen molar-refractivity contribution in [2.45, 2.75) is 30.6 Å². The number of ether oxygens (including phenoxy) is 1. The summed E-state index contributed by atoms with van der Waals surface area (Å²) in [5, 5.41) is 13.4. The highest BCUT2D eigenvalue weighted by atomic mass is 32.2. The molecular formula is C20H20N2O3S2. The highest BCUT2D eigenvalue weighted by Crippen LogP contribution is 2.24. The third-order valence-electron chi connectivity index (χ3n) is 3.68. The third-order valence-corrected chi connectivity index (χ3v) is 5.41. The largest absolute Gasteiger partial charge is 0.455 e. The Bertz CT molecular complexity index is 891.